The second-order valence-corrected chi connectivity index (χ2v) is 10.9. The van der Waals surface area contributed by atoms with Gasteiger partial charge in [0, 0.05) is 31.2 Å². The molecule has 0 radical (unpaired) electrons. The van der Waals surface area contributed by atoms with Crippen molar-refractivity contribution in [2.75, 3.05) is 25.0 Å². The van der Waals surface area contributed by atoms with Gasteiger partial charge in [0.15, 0.2) is 5.82 Å². The minimum atomic E-state index is -0.394. The van der Waals surface area contributed by atoms with Crippen LogP contribution in [0, 0.1) is 5.82 Å². The van der Waals surface area contributed by atoms with Crippen LogP contribution in [-0.2, 0) is 0 Å². The molecule has 1 atom stereocenters. The number of benzene rings is 2. The van der Waals surface area contributed by atoms with Gasteiger partial charge in [-0.25, -0.2) is 4.39 Å². The molecule has 3 N–H and O–H groups in total. The van der Waals surface area contributed by atoms with Crippen LogP contribution in [0.1, 0.15) is 74.6 Å². The highest BCUT2D eigenvalue weighted by atomic mass is 35.5. The van der Waals surface area contributed by atoms with Crippen molar-refractivity contribution in [2.24, 2.45) is 0 Å². The van der Waals surface area contributed by atoms with E-state index in [1.165, 1.54) is 54.4 Å². The molecule has 0 bridgehead atoms. The fourth-order valence-corrected chi connectivity index (χ4v) is 6.52. The predicted molar refractivity (Wildman–Crippen MR) is 145 cm³/mol. The van der Waals surface area contributed by atoms with E-state index >= 15 is 0 Å². The zero-order valence-corrected chi connectivity index (χ0v) is 21.7. The molecule has 0 aromatic heterocycles. The monoisotopic (exact) mass is 507 g/mol. The highest BCUT2D eigenvalue weighted by Crippen LogP contribution is 2.40. The fourth-order valence-electron chi connectivity index (χ4n) is 6.34. The van der Waals surface area contributed by atoms with Crippen LogP contribution in [0.15, 0.2) is 48.2 Å². The average Bonchev–Trinajstić information content (AvgIpc) is 3.21. The van der Waals surface area contributed by atoms with Gasteiger partial charge in [-0.3, -0.25) is 9.91 Å². The molecule has 1 unspecified atom stereocenters. The highest BCUT2D eigenvalue weighted by Gasteiger charge is 2.31. The third kappa shape index (κ3) is 4.51. The van der Waals surface area contributed by atoms with E-state index < -0.39 is 5.82 Å². The zero-order valence-electron chi connectivity index (χ0n) is 20.9. The van der Waals surface area contributed by atoms with Crippen molar-refractivity contribution in [1.82, 2.24) is 20.9 Å². The molecule has 7 heteroatoms. The Hall–Kier alpha value is -2.54. The lowest BCUT2D eigenvalue weighted by molar-refractivity contribution is 0.171. The summed E-state index contributed by atoms with van der Waals surface area (Å²) in [4.78, 5) is 2.68. The molecule has 1 aliphatic carbocycles. The van der Waals surface area contributed by atoms with Gasteiger partial charge in [-0.15, -0.1) is 5.53 Å². The van der Waals surface area contributed by atoms with Gasteiger partial charge in [0.05, 0.1) is 28.1 Å². The van der Waals surface area contributed by atoms with Crippen molar-refractivity contribution < 1.29 is 4.39 Å². The summed E-state index contributed by atoms with van der Waals surface area (Å²) in [6.45, 7) is 5.06. The maximum absolute atomic E-state index is 14.8. The van der Waals surface area contributed by atoms with Crippen molar-refractivity contribution in [2.45, 2.75) is 64.0 Å². The molecule has 1 saturated carbocycles. The summed E-state index contributed by atoms with van der Waals surface area (Å²) in [6, 6.07) is 12.7. The number of hydrogen-bond donors (Lipinski definition) is 3. The van der Waals surface area contributed by atoms with Gasteiger partial charge in [-0.1, -0.05) is 55.1 Å². The molecule has 6 rings (SSSR count). The number of rotatable bonds is 4. The van der Waals surface area contributed by atoms with Gasteiger partial charge in [0.1, 0.15) is 0 Å². The molecule has 2 aromatic carbocycles. The maximum atomic E-state index is 14.8. The molecule has 0 spiro atoms. The van der Waals surface area contributed by atoms with E-state index in [2.05, 4.69) is 57.4 Å². The van der Waals surface area contributed by atoms with Gasteiger partial charge in [0.2, 0.25) is 0 Å². The summed E-state index contributed by atoms with van der Waals surface area (Å²) in [5.41, 5.74) is 14.3. The normalized spacial score (nSPS) is 23.0. The average molecular weight is 508 g/mol. The molecule has 2 aromatic rings. The molecule has 0 amide bonds. The Morgan fingerprint density at radius 2 is 1.92 bits per heavy atom. The quantitative estimate of drug-likeness (QED) is 0.442. The number of hydrogen-bond acceptors (Lipinski definition) is 5. The fraction of sp³-hybridized carbons (Fsp3) is 0.448. The summed E-state index contributed by atoms with van der Waals surface area (Å²) in [6.07, 6.45) is 11.2. The van der Waals surface area contributed by atoms with Crippen LogP contribution in [0.5, 0.6) is 0 Å². The molecule has 5 nitrogen and oxygen atoms in total. The van der Waals surface area contributed by atoms with Crippen LogP contribution >= 0.6 is 11.6 Å². The standard InChI is InChI=1S/C29H35ClFN5/c1-19-29-23-11-10-21(20-12-15-35(16-13-20)22-6-3-2-4-7-22)18-24(23)26(14-17-36(29)34-33-19)32-27-9-5-8-25(30)28(27)31/h5,8-12,18,22,26,32-34H,2-4,6-7,13-17H2,1H3. The molecule has 4 aliphatic rings. The number of halogens is 2. The van der Waals surface area contributed by atoms with E-state index in [0.29, 0.717) is 5.69 Å². The first-order valence-electron chi connectivity index (χ1n) is 13.4. The lowest BCUT2D eigenvalue weighted by atomic mass is 9.89. The third-order valence-corrected chi connectivity index (χ3v) is 8.60. The van der Waals surface area contributed by atoms with Crippen LogP contribution in [-0.4, -0.2) is 35.6 Å². The minimum Gasteiger partial charge on any atom is -0.376 e. The molecule has 3 heterocycles. The Bertz CT molecular complexity index is 1200. The van der Waals surface area contributed by atoms with E-state index in [0.717, 1.165) is 49.9 Å². The van der Waals surface area contributed by atoms with E-state index in [1.807, 2.05) is 0 Å². The summed E-state index contributed by atoms with van der Waals surface area (Å²) < 4.78 is 14.8. The molecule has 0 saturated heterocycles. The van der Waals surface area contributed by atoms with E-state index in [-0.39, 0.29) is 11.1 Å². The van der Waals surface area contributed by atoms with Crippen LogP contribution in [0.3, 0.4) is 0 Å². The number of nitrogens with zero attached hydrogens (tertiary/aromatic N) is 2. The van der Waals surface area contributed by atoms with Crippen molar-refractivity contribution in [3.8, 4) is 0 Å². The third-order valence-electron chi connectivity index (χ3n) is 8.31. The number of fused-ring (bicyclic) bond motifs is 3. The molecule has 3 aliphatic heterocycles. The van der Waals surface area contributed by atoms with Crippen LogP contribution in [0.25, 0.3) is 11.3 Å². The number of hydrazine groups is 2. The Kier molecular flexibility index (Phi) is 6.67. The summed E-state index contributed by atoms with van der Waals surface area (Å²) in [5.74, 6) is -0.394. The number of allylic oxidation sites excluding steroid dienone is 1. The minimum absolute atomic E-state index is 0.0384. The molecule has 1 fully saturated rings. The van der Waals surface area contributed by atoms with Crippen LogP contribution in [0.2, 0.25) is 5.02 Å². The number of nitrogens with one attached hydrogen (secondary N) is 3. The molecule has 36 heavy (non-hydrogen) atoms. The van der Waals surface area contributed by atoms with Gasteiger partial charge in [-0.2, -0.15) is 0 Å². The lowest BCUT2D eigenvalue weighted by Crippen LogP contribution is -2.39. The van der Waals surface area contributed by atoms with Crippen molar-refractivity contribution in [1.29, 1.82) is 0 Å². The van der Waals surface area contributed by atoms with E-state index in [1.54, 1.807) is 18.2 Å². The van der Waals surface area contributed by atoms with Gasteiger partial charge < -0.3 is 10.7 Å². The van der Waals surface area contributed by atoms with E-state index in [4.69, 9.17) is 11.6 Å². The van der Waals surface area contributed by atoms with Crippen molar-refractivity contribution in [3.05, 3.63) is 75.7 Å². The second-order valence-electron chi connectivity index (χ2n) is 10.5. The first kappa shape index (κ1) is 23.8. The Morgan fingerprint density at radius 1 is 1.06 bits per heavy atom. The van der Waals surface area contributed by atoms with Gasteiger partial charge >= 0.3 is 0 Å². The van der Waals surface area contributed by atoms with Gasteiger partial charge in [-0.05, 0) is 67.5 Å². The summed E-state index contributed by atoms with van der Waals surface area (Å²) >= 11 is 6.10. The maximum Gasteiger partial charge on any atom is 0.164 e. The zero-order chi connectivity index (χ0) is 24.6. The number of anilines is 1. The predicted octanol–water partition coefficient (Wildman–Crippen LogP) is 6.47. The van der Waals surface area contributed by atoms with Crippen LogP contribution < -0.4 is 16.3 Å². The van der Waals surface area contributed by atoms with Gasteiger partial charge in [0.25, 0.3) is 0 Å². The first-order chi connectivity index (χ1) is 17.6. The first-order valence-corrected chi connectivity index (χ1v) is 13.7. The second kappa shape index (κ2) is 10.1. The summed E-state index contributed by atoms with van der Waals surface area (Å²) in [7, 11) is 0. The largest absolute Gasteiger partial charge is 0.376 e. The Morgan fingerprint density at radius 3 is 2.72 bits per heavy atom. The lowest BCUT2D eigenvalue weighted by Gasteiger charge is -2.36. The Labute approximate surface area is 218 Å². The smallest absolute Gasteiger partial charge is 0.164 e. The van der Waals surface area contributed by atoms with Crippen molar-refractivity contribution >= 4 is 28.6 Å². The van der Waals surface area contributed by atoms with E-state index in [9.17, 15) is 4.39 Å². The molecular formula is C29H35ClFN5. The SMILES string of the molecule is CC1=C2c3ccc(C4=CCN(C5CCCCC5)CC4)cc3C(Nc3cccc(Cl)c3F)CCN2NN1. The van der Waals surface area contributed by atoms with Crippen molar-refractivity contribution in [3.63, 3.8) is 0 Å². The Balaban J connectivity index is 1.33. The molecular weight excluding hydrogens is 473 g/mol. The van der Waals surface area contributed by atoms with Crippen LogP contribution in [0.4, 0.5) is 10.1 Å². The highest BCUT2D eigenvalue weighted by molar-refractivity contribution is 6.31. The summed E-state index contributed by atoms with van der Waals surface area (Å²) in [5, 5.41) is 5.79. The topological polar surface area (TPSA) is 42.6 Å². The molecule has 190 valence electrons.